The molecule has 1 aromatic carbocycles. The van der Waals surface area contributed by atoms with Crippen LogP contribution in [0.3, 0.4) is 0 Å². The molecule has 4 nitrogen and oxygen atoms in total. The lowest BCUT2D eigenvalue weighted by Crippen LogP contribution is -2.31. The van der Waals surface area contributed by atoms with Crippen LogP contribution >= 0.6 is 0 Å². The largest absolute Gasteiger partial charge is 0.358 e. The van der Waals surface area contributed by atoms with Gasteiger partial charge in [-0.3, -0.25) is 9.78 Å². The summed E-state index contributed by atoms with van der Waals surface area (Å²) in [5.41, 5.74) is 3.63. The molecule has 2 heterocycles. The van der Waals surface area contributed by atoms with E-state index in [0.717, 1.165) is 27.7 Å². The van der Waals surface area contributed by atoms with Crippen LogP contribution in [0.2, 0.25) is 0 Å². The number of pyridine rings is 1. The van der Waals surface area contributed by atoms with Crippen LogP contribution < -0.4 is 0 Å². The molecule has 0 spiro atoms. The van der Waals surface area contributed by atoms with Crippen LogP contribution in [0, 0.1) is 12.7 Å². The van der Waals surface area contributed by atoms with Gasteiger partial charge in [0.15, 0.2) is 0 Å². The van der Waals surface area contributed by atoms with E-state index in [1.54, 1.807) is 30.4 Å². The predicted octanol–water partition coefficient (Wildman–Crippen LogP) is 3.77. The van der Waals surface area contributed by atoms with Gasteiger partial charge in [-0.05, 0) is 55.3 Å². The van der Waals surface area contributed by atoms with E-state index in [9.17, 15) is 9.18 Å². The molecule has 0 radical (unpaired) electrons. The molecule has 3 aromatic rings. The number of aromatic amines is 1. The summed E-state index contributed by atoms with van der Waals surface area (Å²) in [6.45, 7) is 3.89. The van der Waals surface area contributed by atoms with Gasteiger partial charge in [0.1, 0.15) is 5.82 Å². The molecule has 1 N–H and O–H groups in total. The summed E-state index contributed by atoms with van der Waals surface area (Å²) < 4.78 is 13.6. The summed E-state index contributed by atoms with van der Waals surface area (Å²) in [6.07, 6.45) is 3.68. The topological polar surface area (TPSA) is 49.0 Å². The Morgan fingerprint density at radius 3 is 2.71 bits per heavy atom. The van der Waals surface area contributed by atoms with Gasteiger partial charge in [-0.15, -0.1) is 0 Å². The van der Waals surface area contributed by atoms with E-state index in [-0.39, 0.29) is 24.2 Å². The van der Waals surface area contributed by atoms with E-state index >= 15 is 0 Å². The number of hydrogen-bond donors (Lipinski definition) is 1. The first-order valence-electron chi connectivity index (χ1n) is 7.89. The lowest BCUT2D eigenvalue weighted by Gasteiger charge is -2.25. The van der Waals surface area contributed by atoms with Crippen LogP contribution in [0.25, 0.3) is 10.9 Å². The van der Waals surface area contributed by atoms with Crippen molar-refractivity contribution in [3.8, 4) is 0 Å². The van der Waals surface area contributed by atoms with Gasteiger partial charge in [-0.25, -0.2) is 4.39 Å². The Hall–Kier alpha value is -2.69. The second-order valence-electron chi connectivity index (χ2n) is 6.06. The number of carbonyl (C=O) groups excluding carboxylic acids is 1. The normalized spacial score (nSPS) is 12.3. The minimum Gasteiger partial charge on any atom is -0.358 e. The number of rotatable bonds is 4. The van der Waals surface area contributed by atoms with Crippen LogP contribution in [-0.2, 0) is 11.2 Å². The number of nitrogens with one attached hydrogen (secondary N) is 1. The highest BCUT2D eigenvalue weighted by molar-refractivity contribution is 5.90. The van der Waals surface area contributed by atoms with E-state index in [2.05, 4.69) is 9.97 Å². The highest BCUT2D eigenvalue weighted by Crippen LogP contribution is 2.25. The third-order valence-corrected chi connectivity index (χ3v) is 4.57. The molecule has 0 bridgehead atoms. The Morgan fingerprint density at radius 2 is 2.00 bits per heavy atom. The van der Waals surface area contributed by atoms with E-state index in [0.29, 0.717) is 0 Å². The fourth-order valence-electron chi connectivity index (χ4n) is 2.94. The molecule has 0 saturated carbocycles. The predicted molar refractivity (Wildman–Crippen MR) is 92.1 cm³/mol. The van der Waals surface area contributed by atoms with Crippen molar-refractivity contribution in [3.05, 3.63) is 65.4 Å². The maximum Gasteiger partial charge on any atom is 0.227 e. The van der Waals surface area contributed by atoms with E-state index in [1.807, 2.05) is 26.0 Å². The number of benzene rings is 1. The van der Waals surface area contributed by atoms with E-state index in [1.165, 1.54) is 12.1 Å². The lowest BCUT2D eigenvalue weighted by molar-refractivity contribution is -0.131. The Morgan fingerprint density at radius 1 is 1.29 bits per heavy atom. The van der Waals surface area contributed by atoms with E-state index < -0.39 is 0 Å². The Kier molecular flexibility index (Phi) is 4.34. The van der Waals surface area contributed by atoms with Crippen molar-refractivity contribution >= 4 is 16.8 Å². The van der Waals surface area contributed by atoms with Crippen LogP contribution in [-0.4, -0.2) is 27.8 Å². The summed E-state index contributed by atoms with van der Waals surface area (Å²) in [6, 6.07) is 8.36. The molecule has 0 aliphatic carbocycles. The molecule has 24 heavy (non-hydrogen) atoms. The smallest absolute Gasteiger partial charge is 0.227 e. The van der Waals surface area contributed by atoms with Gasteiger partial charge in [0.2, 0.25) is 5.91 Å². The lowest BCUT2D eigenvalue weighted by atomic mass is 10.0. The zero-order chi connectivity index (χ0) is 17.3. The van der Waals surface area contributed by atoms with Crippen molar-refractivity contribution in [1.82, 2.24) is 14.9 Å². The van der Waals surface area contributed by atoms with Crippen LogP contribution in [0.5, 0.6) is 0 Å². The Balaban J connectivity index is 1.84. The summed E-state index contributed by atoms with van der Waals surface area (Å²) >= 11 is 0. The van der Waals surface area contributed by atoms with Crippen molar-refractivity contribution in [2.24, 2.45) is 0 Å². The number of likely N-dealkylation sites (N-methyl/N-ethyl adjacent to an activating group) is 1. The summed E-state index contributed by atoms with van der Waals surface area (Å²) in [5, 5.41) is 0.769. The molecule has 1 atom stereocenters. The highest BCUT2D eigenvalue weighted by atomic mass is 19.1. The van der Waals surface area contributed by atoms with Crippen LogP contribution in [0.1, 0.15) is 29.8 Å². The summed E-state index contributed by atoms with van der Waals surface area (Å²) in [7, 11) is 1.79. The highest BCUT2D eigenvalue weighted by Gasteiger charge is 2.20. The molecule has 0 aliphatic rings. The number of aromatic nitrogens is 2. The molecule has 0 unspecified atom stereocenters. The minimum absolute atomic E-state index is 0.00688. The second kappa shape index (κ2) is 6.43. The molecule has 0 saturated heterocycles. The monoisotopic (exact) mass is 325 g/mol. The van der Waals surface area contributed by atoms with Crippen LogP contribution in [0.4, 0.5) is 4.39 Å². The van der Waals surface area contributed by atoms with Crippen molar-refractivity contribution in [1.29, 1.82) is 0 Å². The molecule has 0 aliphatic heterocycles. The number of halogens is 1. The second-order valence-corrected chi connectivity index (χ2v) is 6.06. The third-order valence-electron chi connectivity index (χ3n) is 4.57. The van der Waals surface area contributed by atoms with Gasteiger partial charge < -0.3 is 9.88 Å². The molecule has 124 valence electrons. The van der Waals surface area contributed by atoms with Crippen molar-refractivity contribution in [2.45, 2.75) is 26.3 Å². The molecular formula is C19H20FN3O. The number of fused-ring (bicyclic) bond motifs is 1. The number of hydrogen-bond acceptors (Lipinski definition) is 2. The first-order chi connectivity index (χ1) is 11.5. The SMILES string of the molecule is Cc1[nH]c2ccc(F)cc2c1CC(=O)N(C)[C@H](C)c1ccncc1. The average Bonchev–Trinajstić information content (AvgIpc) is 2.89. The maximum absolute atomic E-state index is 13.6. The number of carbonyl (C=O) groups is 1. The van der Waals surface area contributed by atoms with Gasteiger partial charge in [0.25, 0.3) is 0 Å². The Labute approximate surface area is 140 Å². The fourth-order valence-corrected chi connectivity index (χ4v) is 2.94. The van der Waals surface area contributed by atoms with Gasteiger partial charge in [-0.2, -0.15) is 0 Å². The van der Waals surface area contributed by atoms with Gasteiger partial charge >= 0.3 is 0 Å². The van der Waals surface area contributed by atoms with Gasteiger partial charge in [0.05, 0.1) is 12.5 Å². The van der Waals surface area contributed by atoms with Gasteiger partial charge in [-0.1, -0.05) is 0 Å². The minimum atomic E-state index is -0.297. The summed E-state index contributed by atoms with van der Waals surface area (Å²) in [4.78, 5) is 21.6. The van der Waals surface area contributed by atoms with Crippen LogP contribution in [0.15, 0.2) is 42.7 Å². The number of nitrogens with zero attached hydrogens (tertiary/aromatic N) is 2. The fraction of sp³-hybridized carbons (Fsp3) is 0.263. The number of aryl methyl sites for hydroxylation is 1. The average molecular weight is 325 g/mol. The van der Waals surface area contributed by atoms with Crippen molar-refractivity contribution in [3.63, 3.8) is 0 Å². The molecule has 5 heteroatoms. The molecule has 0 fully saturated rings. The quantitative estimate of drug-likeness (QED) is 0.794. The Bertz CT molecular complexity index is 873. The number of amides is 1. The standard InChI is InChI=1S/C19H20FN3O/c1-12-16(17-10-15(20)4-5-18(17)22-12)11-19(24)23(3)13(2)14-6-8-21-9-7-14/h4-10,13,22H,11H2,1-3H3/t13-/m1/s1. The van der Waals surface area contributed by atoms with E-state index in [4.69, 9.17) is 0 Å². The molecule has 2 aromatic heterocycles. The van der Waals surface area contributed by atoms with Crippen molar-refractivity contribution < 1.29 is 9.18 Å². The summed E-state index contributed by atoms with van der Waals surface area (Å²) in [5.74, 6) is -0.304. The first kappa shape index (κ1) is 16.2. The first-order valence-corrected chi connectivity index (χ1v) is 7.89. The molecule has 3 rings (SSSR count). The zero-order valence-electron chi connectivity index (χ0n) is 14.0. The van der Waals surface area contributed by atoms with Gasteiger partial charge in [0, 0.05) is 36.0 Å². The molecular weight excluding hydrogens is 305 g/mol. The number of H-pyrrole nitrogens is 1. The maximum atomic E-state index is 13.6. The molecule has 1 amide bonds. The van der Waals surface area contributed by atoms with Crippen molar-refractivity contribution in [2.75, 3.05) is 7.05 Å². The zero-order valence-corrected chi connectivity index (χ0v) is 14.0. The third kappa shape index (κ3) is 3.02.